The van der Waals surface area contributed by atoms with Gasteiger partial charge in [0.25, 0.3) is 5.91 Å². The summed E-state index contributed by atoms with van der Waals surface area (Å²) in [5, 5.41) is 9.33. The van der Waals surface area contributed by atoms with E-state index in [1.807, 2.05) is 6.92 Å². The molecule has 0 aliphatic heterocycles. The number of rotatable bonds is 4. The summed E-state index contributed by atoms with van der Waals surface area (Å²) < 4.78 is 1.06. The van der Waals surface area contributed by atoms with Crippen LogP contribution in [0.15, 0.2) is 6.20 Å². The minimum Gasteiger partial charge on any atom is -0.352 e. The second kappa shape index (κ2) is 5.21. The third-order valence-electron chi connectivity index (χ3n) is 1.67. The molecule has 0 bridgehead atoms. The van der Waals surface area contributed by atoms with Gasteiger partial charge in [0.15, 0.2) is 0 Å². The molecule has 0 fully saturated rings. The Hall–Kier alpha value is -0.590. The van der Waals surface area contributed by atoms with Gasteiger partial charge in [0, 0.05) is 16.7 Å². The summed E-state index contributed by atoms with van der Waals surface area (Å²) in [7, 11) is 0. The first-order valence-corrected chi connectivity index (χ1v) is 5.62. The van der Waals surface area contributed by atoms with E-state index in [0.29, 0.717) is 5.56 Å². The van der Waals surface area contributed by atoms with Crippen molar-refractivity contribution in [2.24, 2.45) is 0 Å². The number of hydrogen-bond acceptors (Lipinski definition) is 2. The molecule has 1 aromatic heterocycles. The van der Waals surface area contributed by atoms with Crippen LogP contribution in [0.2, 0.25) is 0 Å². The molecular weight excluding hydrogens is 281 g/mol. The molecule has 1 aromatic rings. The van der Waals surface area contributed by atoms with Gasteiger partial charge in [0.2, 0.25) is 0 Å². The molecule has 0 saturated heterocycles. The number of aryl methyl sites for hydroxylation is 1. The summed E-state index contributed by atoms with van der Waals surface area (Å²) in [6, 6.07) is 0. The molecule has 0 atom stereocenters. The van der Waals surface area contributed by atoms with Gasteiger partial charge in [-0.1, -0.05) is 22.6 Å². The molecule has 2 N–H and O–H groups in total. The van der Waals surface area contributed by atoms with Crippen LogP contribution in [-0.2, 0) is 0 Å². The Labute approximate surface area is 90.6 Å². The maximum absolute atomic E-state index is 11.4. The molecule has 1 amide bonds. The normalized spacial score (nSPS) is 10.0. The number of aromatic nitrogens is 2. The second-order valence-electron chi connectivity index (χ2n) is 2.71. The molecule has 4 nitrogen and oxygen atoms in total. The predicted octanol–water partition coefficient (Wildman–Crippen LogP) is 1.27. The minimum atomic E-state index is -0.0453. The standard InChI is InChI=1S/C8H12IN3O/c1-6-7(5-11-12-6)8(13)10-4-2-3-9/h5H,2-4H2,1H3,(H,10,13)(H,11,12). The fourth-order valence-corrected chi connectivity index (χ4v) is 1.32. The molecule has 0 aliphatic rings. The number of nitrogens with zero attached hydrogens (tertiary/aromatic N) is 1. The van der Waals surface area contributed by atoms with Crippen LogP contribution < -0.4 is 5.32 Å². The van der Waals surface area contributed by atoms with Crippen LogP contribution in [0.25, 0.3) is 0 Å². The molecular formula is C8H12IN3O. The van der Waals surface area contributed by atoms with Crippen molar-refractivity contribution in [3.8, 4) is 0 Å². The monoisotopic (exact) mass is 293 g/mol. The molecule has 1 heterocycles. The van der Waals surface area contributed by atoms with E-state index >= 15 is 0 Å². The van der Waals surface area contributed by atoms with Crippen LogP contribution in [0.3, 0.4) is 0 Å². The number of amides is 1. The first kappa shape index (κ1) is 10.5. The zero-order valence-electron chi connectivity index (χ0n) is 7.43. The van der Waals surface area contributed by atoms with Gasteiger partial charge >= 0.3 is 0 Å². The maximum atomic E-state index is 11.4. The van der Waals surface area contributed by atoms with Crippen LogP contribution >= 0.6 is 22.6 Å². The molecule has 1 rings (SSSR count). The highest BCUT2D eigenvalue weighted by Crippen LogP contribution is 2.01. The highest BCUT2D eigenvalue weighted by Gasteiger charge is 2.08. The first-order valence-electron chi connectivity index (χ1n) is 4.10. The van der Waals surface area contributed by atoms with E-state index < -0.39 is 0 Å². The average molecular weight is 293 g/mol. The summed E-state index contributed by atoms with van der Waals surface area (Å²) in [6.45, 7) is 2.56. The van der Waals surface area contributed by atoms with Gasteiger partial charge in [-0.15, -0.1) is 0 Å². The number of carbonyl (C=O) groups excluding carboxylic acids is 1. The van der Waals surface area contributed by atoms with E-state index in [-0.39, 0.29) is 5.91 Å². The van der Waals surface area contributed by atoms with E-state index in [1.165, 1.54) is 0 Å². The van der Waals surface area contributed by atoms with E-state index in [9.17, 15) is 4.79 Å². The van der Waals surface area contributed by atoms with Gasteiger partial charge in [-0.05, 0) is 13.3 Å². The number of hydrogen-bond donors (Lipinski definition) is 2. The molecule has 72 valence electrons. The number of H-pyrrole nitrogens is 1. The van der Waals surface area contributed by atoms with Crippen molar-refractivity contribution < 1.29 is 4.79 Å². The highest BCUT2D eigenvalue weighted by atomic mass is 127. The first-order chi connectivity index (χ1) is 6.25. The van der Waals surface area contributed by atoms with Crippen LogP contribution in [0.4, 0.5) is 0 Å². The third-order valence-corrected chi connectivity index (χ3v) is 2.43. The molecule has 0 aromatic carbocycles. The van der Waals surface area contributed by atoms with Crippen LogP contribution in [0, 0.1) is 6.92 Å². The second-order valence-corrected chi connectivity index (χ2v) is 3.79. The smallest absolute Gasteiger partial charge is 0.254 e. The summed E-state index contributed by atoms with van der Waals surface area (Å²) in [4.78, 5) is 11.4. The summed E-state index contributed by atoms with van der Waals surface area (Å²) in [5.41, 5.74) is 1.44. The lowest BCUT2D eigenvalue weighted by Gasteiger charge is -2.01. The van der Waals surface area contributed by atoms with Crippen molar-refractivity contribution in [2.75, 3.05) is 11.0 Å². The lowest BCUT2D eigenvalue weighted by atomic mass is 10.2. The molecule has 13 heavy (non-hydrogen) atoms. The lowest BCUT2D eigenvalue weighted by Crippen LogP contribution is -2.24. The van der Waals surface area contributed by atoms with Crippen molar-refractivity contribution in [3.63, 3.8) is 0 Å². The molecule has 0 aliphatic carbocycles. The Balaban J connectivity index is 2.45. The third kappa shape index (κ3) is 2.98. The lowest BCUT2D eigenvalue weighted by molar-refractivity contribution is 0.0953. The molecule has 0 radical (unpaired) electrons. The summed E-state index contributed by atoms with van der Waals surface area (Å²) >= 11 is 2.28. The zero-order chi connectivity index (χ0) is 9.68. The number of nitrogens with one attached hydrogen (secondary N) is 2. The van der Waals surface area contributed by atoms with Crippen molar-refractivity contribution in [3.05, 3.63) is 17.5 Å². The number of aromatic amines is 1. The van der Waals surface area contributed by atoms with Crippen molar-refractivity contribution in [1.82, 2.24) is 15.5 Å². The van der Waals surface area contributed by atoms with Crippen molar-refractivity contribution >= 4 is 28.5 Å². The number of carbonyl (C=O) groups is 1. The van der Waals surface area contributed by atoms with Crippen LogP contribution in [0.1, 0.15) is 22.5 Å². The molecule has 5 heteroatoms. The minimum absolute atomic E-state index is 0.0453. The Bertz CT molecular complexity index is 285. The Morgan fingerprint density at radius 1 is 1.77 bits per heavy atom. The molecule has 0 unspecified atom stereocenters. The fourth-order valence-electron chi connectivity index (χ4n) is 0.944. The van der Waals surface area contributed by atoms with E-state index in [4.69, 9.17) is 0 Å². The Morgan fingerprint density at radius 3 is 3.08 bits per heavy atom. The summed E-state index contributed by atoms with van der Waals surface area (Å²) in [6.07, 6.45) is 2.55. The van der Waals surface area contributed by atoms with E-state index in [2.05, 4.69) is 38.1 Å². The van der Waals surface area contributed by atoms with Crippen LogP contribution in [-0.4, -0.2) is 27.1 Å². The van der Waals surface area contributed by atoms with Crippen molar-refractivity contribution in [2.45, 2.75) is 13.3 Å². The largest absolute Gasteiger partial charge is 0.352 e. The van der Waals surface area contributed by atoms with Gasteiger partial charge in [-0.3, -0.25) is 9.89 Å². The number of halogens is 1. The quantitative estimate of drug-likeness (QED) is 0.499. The Morgan fingerprint density at radius 2 is 2.54 bits per heavy atom. The van der Waals surface area contributed by atoms with E-state index in [0.717, 1.165) is 23.1 Å². The van der Waals surface area contributed by atoms with Gasteiger partial charge in [-0.25, -0.2) is 0 Å². The topological polar surface area (TPSA) is 57.8 Å². The van der Waals surface area contributed by atoms with Gasteiger partial charge in [0.1, 0.15) is 0 Å². The molecule has 0 spiro atoms. The van der Waals surface area contributed by atoms with Gasteiger partial charge in [0.05, 0.1) is 11.8 Å². The zero-order valence-corrected chi connectivity index (χ0v) is 9.59. The molecule has 0 saturated carbocycles. The predicted molar refractivity (Wildman–Crippen MR) is 59.2 cm³/mol. The van der Waals surface area contributed by atoms with Crippen molar-refractivity contribution in [1.29, 1.82) is 0 Å². The van der Waals surface area contributed by atoms with Gasteiger partial charge in [-0.2, -0.15) is 5.10 Å². The fraction of sp³-hybridized carbons (Fsp3) is 0.500. The highest BCUT2D eigenvalue weighted by molar-refractivity contribution is 14.1. The summed E-state index contributed by atoms with van der Waals surface area (Å²) in [5.74, 6) is -0.0453. The van der Waals surface area contributed by atoms with E-state index in [1.54, 1.807) is 6.20 Å². The Kier molecular flexibility index (Phi) is 4.20. The van der Waals surface area contributed by atoms with Gasteiger partial charge < -0.3 is 5.32 Å². The number of alkyl halides is 1. The SMILES string of the molecule is Cc1[nH]ncc1C(=O)NCCCI. The average Bonchev–Trinajstić information content (AvgIpc) is 2.52. The van der Waals surface area contributed by atoms with Crippen LogP contribution in [0.5, 0.6) is 0 Å². The maximum Gasteiger partial charge on any atom is 0.254 e.